The standard InChI is InChI=1S/C10H11BrN2S/c11-10-3-1-2-9(6-10)7-14-13-5-4-12-8-13/h1-3,6,8H,4-5,7H2. The van der Waals surface area contributed by atoms with Gasteiger partial charge in [0.15, 0.2) is 0 Å². The van der Waals surface area contributed by atoms with Crippen LogP contribution in [0.4, 0.5) is 0 Å². The van der Waals surface area contributed by atoms with Gasteiger partial charge in [-0.1, -0.05) is 28.1 Å². The van der Waals surface area contributed by atoms with Crippen LogP contribution >= 0.6 is 27.9 Å². The number of halogens is 1. The smallest absolute Gasteiger partial charge is 0.0950 e. The van der Waals surface area contributed by atoms with E-state index in [-0.39, 0.29) is 0 Å². The van der Waals surface area contributed by atoms with Crippen molar-refractivity contribution in [3.63, 3.8) is 0 Å². The van der Waals surface area contributed by atoms with Crippen molar-refractivity contribution >= 4 is 34.2 Å². The summed E-state index contributed by atoms with van der Waals surface area (Å²) >= 11 is 5.28. The zero-order valence-corrected chi connectivity index (χ0v) is 10.1. The van der Waals surface area contributed by atoms with Crippen molar-refractivity contribution in [2.45, 2.75) is 5.75 Å². The average Bonchev–Trinajstić information content (AvgIpc) is 2.67. The summed E-state index contributed by atoms with van der Waals surface area (Å²) in [5, 5.41) is 0. The van der Waals surface area contributed by atoms with Crippen LogP contribution in [0.15, 0.2) is 33.7 Å². The summed E-state index contributed by atoms with van der Waals surface area (Å²) in [6, 6.07) is 8.41. The zero-order chi connectivity index (χ0) is 9.80. The molecule has 2 nitrogen and oxygen atoms in total. The van der Waals surface area contributed by atoms with E-state index in [0.717, 1.165) is 23.3 Å². The van der Waals surface area contributed by atoms with Gasteiger partial charge in [0.05, 0.1) is 19.4 Å². The molecule has 0 bridgehead atoms. The first kappa shape index (κ1) is 10.1. The number of rotatable bonds is 3. The van der Waals surface area contributed by atoms with Crippen molar-refractivity contribution in [2.75, 3.05) is 13.1 Å². The second-order valence-electron chi connectivity index (χ2n) is 3.07. The third-order valence-corrected chi connectivity index (χ3v) is 3.51. The Hall–Kier alpha value is -0.480. The lowest BCUT2D eigenvalue weighted by Crippen LogP contribution is -2.10. The fraction of sp³-hybridized carbons (Fsp3) is 0.300. The summed E-state index contributed by atoms with van der Waals surface area (Å²) < 4.78 is 3.33. The SMILES string of the molecule is Brc1cccc(CSN2C=NCC2)c1. The van der Waals surface area contributed by atoms with Crippen LogP contribution in [0.3, 0.4) is 0 Å². The molecule has 0 amide bonds. The molecule has 1 aliphatic heterocycles. The third kappa shape index (κ3) is 2.75. The lowest BCUT2D eigenvalue weighted by molar-refractivity contribution is 0.747. The second kappa shape index (κ2) is 4.84. The number of hydrogen-bond acceptors (Lipinski definition) is 3. The Bertz CT molecular complexity index is 341. The minimum atomic E-state index is 0.936. The summed E-state index contributed by atoms with van der Waals surface area (Å²) in [4.78, 5) is 4.17. The number of nitrogens with zero attached hydrogens (tertiary/aromatic N) is 2. The molecule has 2 rings (SSSR count). The molecule has 4 heteroatoms. The zero-order valence-electron chi connectivity index (χ0n) is 7.69. The van der Waals surface area contributed by atoms with Crippen LogP contribution < -0.4 is 0 Å². The minimum Gasteiger partial charge on any atom is -0.305 e. The van der Waals surface area contributed by atoms with Gasteiger partial charge >= 0.3 is 0 Å². The van der Waals surface area contributed by atoms with Gasteiger partial charge in [0.25, 0.3) is 0 Å². The first-order chi connectivity index (χ1) is 6.84. The summed E-state index contributed by atoms with van der Waals surface area (Å²) in [5.74, 6) is 1.01. The monoisotopic (exact) mass is 270 g/mol. The number of hydrogen-bond donors (Lipinski definition) is 0. The van der Waals surface area contributed by atoms with Gasteiger partial charge in [-0.3, -0.25) is 4.99 Å². The highest BCUT2D eigenvalue weighted by molar-refractivity contribution is 9.10. The largest absolute Gasteiger partial charge is 0.305 e. The molecular weight excluding hydrogens is 260 g/mol. The molecule has 74 valence electrons. The Labute approximate surface area is 96.7 Å². The normalized spacial score (nSPS) is 15.1. The maximum absolute atomic E-state index is 4.17. The maximum Gasteiger partial charge on any atom is 0.0950 e. The molecule has 0 aliphatic carbocycles. The quantitative estimate of drug-likeness (QED) is 0.785. The summed E-state index contributed by atoms with van der Waals surface area (Å²) in [5.41, 5.74) is 1.34. The van der Waals surface area contributed by atoms with Gasteiger partial charge in [-0.2, -0.15) is 0 Å². The van der Waals surface area contributed by atoms with E-state index in [0.29, 0.717) is 0 Å². The predicted molar refractivity (Wildman–Crippen MR) is 65.5 cm³/mol. The van der Waals surface area contributed by atoms with Crippen molar-refractivity contribution in [1.82, 2.24) is 4.31 Å². The van der Waals surface area contributed by atoms with Crippen molar-refractivity contribution in [2.24, 2.45) is 4.99 Å². The molecule has 1 heterocycles. The second-order valence-corrected chi connectivity index (χ2v) is 5.00. The molecule has 0 atom stereocenters. The molecule has 0 saturated heterocycles. The van der Waals surface area contributed by atoms with E-state index in [9.17, 15) is 0 Å². The lowest BCUT2D eigenvalue weighted by atomic mass is 10.2. The van der Waals surface area contributed by atoms with Crippen LogP contribution in [-0.2, 0) is 5.75 Å². The van der Waals surface area contributed by atoms with Gasteiger partial charge in [0.1, 0.15) is 0 Å². The van der Waals surface area contributed by atoms with Crippen LogP contribution in [0.25, 0.3) is 0 Å². The summed E-state index contributed by atoms with van der Waals surface area (Å²) in [6.07, 6.45) is 1.92. The molecule has 1 aliphatic rings. The Morgan fingerprint density at radius 3 is 3.14 bits per heavy atom. The van der Waals surface area contributed by atoms with Crippen molar-refractivity contribution in [3.8, 4) is 0 Å². The van der Waals surface area contributed by atoms with E-state index in [1.165, 1.54) is 5.56 Å². The van der Waals surface area contributed by atoms with Gasteiger partial charge in [0.2, 0.25) is 0 Å². The predicted octanol–water partition coefficient (Wildman–Crippen LogP) is 2.94. The van der Waals surface area contributed by atoms with Crippen LogP contribution in [0.2, 0.25) is 0 Å². The summed E-state index contributed by atoms with van der Waals surface area (Å²) in [7, 11) is 0. The molecule has 0 aromatic heterocycles. The van der Waals surface area contributed by atoms with Gasteiger partial charge < -0.3 is 4.31 Å². The fourth-order valence-electron chi connectivity index (χ4n) is 1.24. The van der Waals surface area contributed by atoms with Crippen LogP contribution in [0.5, 0.6) is 0 Å². The van der Waals surface area contributed by atoms with E-state index < -0.39 is 0 Å². The first-order valence-electron chi connectivity index (χ1n) is 4.48. The third-order valence-electron chi connectivity index (χ3n) is 1.95. The van der Waals surface area contributed by atoms with E-state index in [1.807, 2.05) is 24.4 Å². The van der Waals surface area contributed by atoms with Crippen molar-refractivity contribution in [3.05, 3.63) is 34.3 Å². The Kier molecular flexibility index (Phi) is 3.48. The lowest BCUT2D eigenvalue weighted by Gasteiger charge is -2.11. The van der Waals surface area contributed by atoms with Crippen molar-refractivity contribution in [1.29, 1.82) is 0 Å². The van der Waals surface area contributed by atoms with E-state index in [2.05, 4.69) is 43.4 Å². The van der Waals surface area contributed by atoms with Gasteiger partial charge in [-0.25, -0.2) is 0 Å². The van der Waals surface area contributed by atoms with Gasteiger partial charge in [-0.15, -0.1) is 0 Å². The van der Waals surface area contributed by atoms with Crippen LogP contribution in [-0.4, -0.2) is 23.7 Å². The molecule has 0 radical (unpaired) electrons. The number of aliphatic imine (C=N–C) groups is 1. The topological polar surface area (TPSA) is 15.6 Å². The average molecular weight is 271 g/mol. The molecule has 0 saturated carbocycles. The number of benzene rings is 1. The molecule has 0 fully saturated rings. The molecule has 0 unspecified atom stereocenters. The Morgan fingerprint density at radius 2 is 2.43 bits per heavy atom. The molecule has 1 aromatic carbocycles. The highest BCUT2D eigenvalue weighted by atomic mass is 79.9. The Morgan fingerprint density at radius 1 is 1.50 bits per heavy atom. The maximum atomic E-state index is 4.17. The van der Waals surface area contributed by atoms with Gasteiger partial charge in [-0.05, 0) is 29.6 Å². The molecule has 1 aromatic rings. The molecule has 14 heavy (non-hydrogen) atoms. The van der Waals surface area contributed by atoms with E-state index in [1.54, 1.807) is 0 Å². The molecule has 0 spiro atoms. The van der Waals surface area contributed by atoms with Crippen molar-refractivity contribution < 1.29 is 0 Å². The van der Waals surface area contributed by atoms with Crippen LogP contribution in [0, 0.1) is 0 Å². The van der Waals surface area contributed by atoms with E-state index >= 15 is 0 Å². The minimum absolute atomic E-state index is 0.936. The molecule has 0 N–H and O–H groups in total. The first-order valence-corrected chi connectivity index (χ1v) is 6.22. The Balaban J connectivity index is 1.88. The summed E-state index contributed by atoms with van der Waals surface area (Å²) in [6.45, 7) is 1.98. The highest BCUT2D eigenvalue weighted by Crippen LogP contribution is 2.19. The van der Waals surface area contributed by atoms with Crippen LogP contribution in [0.1, 0.15) is 5.56 Å². The fourth-order valence-corrected chi connectivity index (χ4v) is 2.53. The van der Waals surface area contributed by atoms with E-state index in [4.69, 9.17) is 0 Å². The van der Waals surface area contributed by atoms with Gasteiger partial charge in [0, 0.05) is 10.2 Å². The molecular formula is C10H11BrN2S. The highest BCUT2D eigenvalue weighted by Gasteiger charge is 2.05.